The molecule has 1 aromatic heterocycles. The van der Waals surface area contributed by atoms with Gasteiger partial charge in [-0.3, -0.25) is 0 Å². The van der Waals surface area contributed by atoms with Crippen molar-refractivity contribution < 1.29 is 13.9 Å². The van der Waals surface area contributed by atoms with Crippen molar-refractivity contribution in [1.82, 2.24) is 4.98 Å². The maximum Gasteiger partial charge on any atom is 0.267 e. The number of nitrogen functional groups attached to an aromatic ring is 1. The summed E-state index contributed by atoms with van der Waals surface area (Å²) in [5.41, 5.74) is 5.62. The quantitative estimate of drug-likeness (QED) is 0.823. The average Bonchev–Trinajstić information content (AvgIpc) is 2.15. The van der Waals surface area contributed by atoms with E-state index in [0.717, 1.165) is 0 Å². The molecule has 0 atom stereocenters. The van der Waals surface area contributed by atoms with Gasteiger partial charge in [-0.1, -0.05) is 15.9 Å². The molecule has 1 rings (SSSR count). The maximum absolute atomic E-state index is 12.5. The largest absolute Gasteiger partial charge is 0.392 e. The summed E-state index contributed by atoms with van der Waals surface area (Å²) in [4.78, 5) is 3.76. The van der Waals surface area contributed by atoms with Gasteiger partial charge >= 0.3 is 0 Å². The minimum atomic E-state index is -2.71. The number of hydrogen-bond donors (Lipinski definition) is 2. The van der Waals surface area contributed by atoms with Gasteiger partial charge in [0.1, 0.15) is 5.82 Å². The Morgan fingerprint density at radius 3 is 2.64 bits per heavy atom. The summed E-state index contributed by atoms with van der Waals surface area (Å²) in [6.07, 6.45) is -2.71. The first-order valence-electron chi connectivity index (χ1n) is 3.83. The van der Waals surface area contributed by atoms with E-state index in [4.69, 9.17) is 10.8 Å². The molecule has 0 aliphatic rings. The Morgan fingerprint density at radius 1 is 1.57 bits per heavy atom. The molecule has 14 heavy (non-hydrogen) atoms. The van der Waals surface area contributed by atoms with Crippen LogP contribution in [-0.2, 0) is 11.9 Å². The third kappa shape index (κ3) is 2.19. The number of aliphatic hydroxyl groups is 1. The number of anilines is 1. The first-order chi connectivity index (χ1) is 6.60. The molecule has 78 valence electrons. The smallest absolute Gasteiger partial charge is 0.267 e. The molecule has 0 amide bonds. The van der Waals surface area contributed by atoms with E-state index < -0.39 is 13.0 Å². The predicted molar refractivity (Wildman–Crippen MR) is 52.2 cm³/mol. The van der Waals surface area contributed by atoms with Crippen LogP contribution in [0.15, 0.2) is 6.07 Å². The summed E-state index contributed by atoms with van der Waals surface area (Å²) in [6.45, 7) is -0.466. The number of pyridine rings is 1. The van der Waals surface area contributed by atoms with Crippen molar-refractivity contribution >= 4 is 21.7 Å². The molecule has 0 unspecified atom stereocenters. The Morgan fingerprint density at radius 2 is 2.21 bits per heavy atom. The zero-order chi connectivity index (χ0) is 10.7. The van der Waals surface area contributed by atoms with Gasteiger partial charge in [0, 0.05) is 5.33 Å². The van der Waals surface area contributed by atoms with Crippen molar-refractivity contribution in [3.05, 3.63) is 22.9 Å². The molecule has 0 fully saturated rings. The second kappa shape index (κ2) is 4.65. The van der Waals surface area contributed by atoms with Gasteiger partial charge in [-0.15, -0.1) is 0 Å². The lowest BCUT2D eigenvalue weighted by molar-refractivity contribution is 0.147. The lowest BCUT2D eigenvalue weighted by atomic mass is 10.1. The molecule has 3 N–H and O–H groups in total. The van der Waals surface area contributed by atoms with Crippen molar-refractivity contribution in [2.75, 3.05) is 5.73 Å². The zero-order valence-electron chi connectivity index (χ0n) is 7.17. The van der Waals surface area contributed by atoms with E-state index in [9.17, 15) is 8.78 Å². The van der Waals surface area contributed by atoms with Gasteiger partial charge in [-0.05, 0) is 11.6 Å². The number of alkyl halides is 3. The van der Waals surface area contributed by atoms with Gasteiger partial charge in [0.25, 0.3) is 6.43 Å². The number of aliphatic hydroxyl groups excluding tert-OH is 1. The number of hydrogen-bond acceptors (Lipinski definition) is 3. The number of nitrogens with zero attached hydrogens (tertiary/aromatic N) is 1. The van der Waals surface area contributed by atoms with Crippen LogP contribution in [0.4, 0.5) is 14.6 Å². The van der Waals surface area contributed by atoms with Gasteiger partial charge in [0.2, 0.25) is 0 Å². The van der Waals surface area contributed by atoms with Crippen LogP contribution in [0, 0.1) is 0 Å². The first-order valence-corrected chi connectivity index (χ1v) is 4.95. The molecule has 0 aliphatic carbocycles. The van der Waals surface area contributed by atoms with Gasteiger partial charge < -0.3 is 10.8 Å². The molecule has 0 spiro atoms. The molecule has 1 aromatic rings. The van der Waals surface area contributed by atoms with Crippen LogP contribution in [0.5, 0.6) is 0 Å². The van der Waals surface area contributed by atoms with Crippen LogP contribution < -0.4 is 5.73 Å². The molecule has 0 aromatic carbocycles. The van der Waals surface area contributed by atoms with Crippen molar-refractivity contribution in [2.24, 2.45) is 0 Å². The Hall–Kier alpha value is -0.750. The fraction of sp³-hybridized carbons (Fsp3) is 0.375. The third-order valence-electron chi connectivity index (χ3n) is 1.75. The van der Waals surface area contributed by atoms with Gasteiger partial charge in [-0.25, -0.2) is 13.8 Å². The minimum absolute atomic E-state index is 0.127. The topological polar surface area (TPSA) is 59.1 Å². The fourth-order valence-electron chi connectivity index (χ4n) is 1.14. The molecule has 0 saturated heterocycles. The Labute approximate surface area is 88.1 Å². The summed E-state index contributed by atoms with van der Waals surface area (Å²) in [5, 5.41) is 9.29. The SMILES string of the molecule is Nc1nc(CBr)cc(CO)c1C(F)F. The molecule has 3 nitrogen and oxygen atoms in total. The Kier molecular flexibility index (Phi) is 3.77. The van der Waals surface area contributed by atoms with Crippen LogP contribution in [-0.4, -0.2) is 10.1 Å². The molecule has 6 heteroatoms. The molecule has 0 radical (unpaired) electrons. The molecular formula is C8H9BrF2N2O. The Bertz CT molecular complexity index is 333. The number of nitrogens with two attached hydrogens (primary N) is 1. The number of rotatable bonds is 3. The summed E-state index contributed by atoms with van der Waals surface area (Å²) in [7, 11) is 0. The Balaban J connectivity index is 3.27. The van der Waals surface area contributed by atoms with E-state index in [1.54, 1.807) is 0 Å². The summed E-state index contributed by atoms with van der Waals surface area (Å²) in [6, 6.07) is 1.41. The standard InChI is InChI=1S/C8H9BrF2N2O/c9-2-5-1-4(3-14)6(7(10)11)8(12)13-5/h1,7,14H,2-3H2,(H2,12,13). The van der Waals surface area contributed by atoms with E-state index in [2.05, 4.69) is 20.9 Å². The lowest BCUT2D eigenvalue weighted by Crippen LogP contribution is -2.05. The van der Waals surface area contributed by atoms with Crippen LogP contribution in [0.2, 0.25) is 0 Å². The molecular weight excluding hydrogens is 258 g/mol. The van der Waals surface area contributed by atoms with Crippen molar-refractivity contribution in [1.29, 1.82) is 0 Å². The van der Waals surface area contributed by atoms with Gasteiger partial charge in [-0.2, -0.15) is 0 Å². The molecule has 1 heterocycles. The van der Waals surface area contributed by atoms with E-state index >= 15 is 0 Å². The predicted octanol–water partition coefficient (Wildman–Crippen LogP) is 1.99. The zero-order valence-corrected chi connectivity index (χ0v) is 8.76. The molecule has 0 bridgehead atoms. The third-order valence-corrected chi connectivity index (χ3v) is 2.33. The number of aromatic nitrogens is 1. The van der Waals surface area contributed by atoms with E-state index in [1.807, 2.05) is 0 Å². The molecule has 0 aliphatic heterocycles. The van der Waals surface area contributed by atoms with E-state index in [1.165, 1.54) is 6.07 Å². The fourth-order valence-corrected chi connectivity index (χ4v) is 1.43. The van der Waals surface area contributed by atoms with Crippen LogP contribution in [0.25, 0.3) is 0 Å². The van der Waals surface area contributed by atoms with Crippen LogP contribution >= 0.6 is 15.9 Å². The minimum Gasteiger partial charge on any atom is -0.392 e. The highest BCUT2D eigenvalue weighted by atomic mass is 79.9. The average molecular weight is 267 g/mol. The summed E-state index contributed by atoms with van der Waals surface area (Å²) < 4.78 is 24.9. The second-order valence-electron chi connectivity index (χ2n) is 2.66. The van der Waals surface area contributed by atoms with E-state index in [0.29, 0.717) is 11.0 Å². The van der Waals surface area contributed by atoms with Crippen LogP contribution in [0.3, 0.4) is 0 Å². The van der Waals surface area contributed by atoms with Crippen molar-refractivity contribution in [3.8, 4) is 0 Å². The molecule has 0 saturated carbocycles. The first kappa shape index (κ1) is 11.3. The second-order valence-corrected chi connectivity index (χ2v) is 3.22. The lowest BCUT2D eigenvalue weighted by Gasteiger charge is -2.10. The maximum atomic E-state index is 12.5. The van der Waals surface area contributed by atoms with E-state index in [-0.39, 0.29) is 16.9 Å². The monoisotopic (exact) mass is 266 g/mol. The van der Waals surface area contributed by atoms with Crippen molar-refractivity contribution in [2.45, 2.75) is 18.4 Å². The van der Waals surface area contributed by atoms with Gasteiger partial charge in [0.15, 0.2) is 0 Å². The highest BCUT2D eigenvalue weighted by Gasteiger charge is 2.18. The number of halogens is 3. The van der Waals surface area contributed by atoms with Gasteiger partial charge in [0.05, 0.1) is 17.9 Å². The summed E-state index contributed by atoms with van der Waals surface area (Å²) in [5.74, 6) is -0.221. The normalized spacial score (nSPS) is 10.9. The highest BCUT2D eigenvalue weighted by Crippen LogP contribution is 2.28. The highest BCUT2D eigenvalue weighted by molar-refractivity contribution is 9.08. The van der Waals surface area contributed by atoms with Crippen molar-refractivity contribution in [3.63, 3.8) is 0 Å². The van der Waals surface area contributed by atoms with Crippen LogP contribution in [0.1, 0.15) is 23.2 Å². The summed E-state index contributed by atoms with van der Waals surface area (Å²) >= 11 is 3.13.